The zero-order chi connectivity index (χ0) is 23.4. The molecule has 2 aliphatic heterocycles. The van der Waals surface area contributed by atoms with Crippen LogP contribution in [0.3, 0.4) is 0 Å². The monoisotopic (exact) mass is 451 g/mol. The Balaban J connectivity index is 1.33. The topological polar surface area (TPSA) is 53.0 Å². The maximum absolute atomic E-state index is 13.1. The van der Waals surface area contributed by atoms with Crippen LogP contribution in [0.1, 0.15) is 31.4 Å². The smallest absolute Gasteiger partial charge is 0.200 e. The van der Waals surface area contributed by atoms with E-state index in [9.17, 15) is 4.39 Å². The zero-order valence-corrected chi connectivity index (χ0v) is 20.0. The van der Waals surface area contributed by atoms with Crippen molar-refractivity contribution < 1.29 is 9.13 Å². The first kappa shape index (κ1) is 23.4. The van der Waals surface area contributed by atoms with Crippen molar-refractivity contribution in [3.8, 4) is 5.75 Å². The Morgan fingerprint density at radius 1 is 1.30 bits per heavy atom. The Bertz CT molecular complexity index is 1020. The summed E-state index contributed by atoms with van der Waals surface area (Å²) in [5.74, 6) is 1.29. The molecule has 4 rings (SSSR count). The van der Waals surface area contributed by atoms with E-state index in [4.69, 9.17) is 9.72 Å². The van der Waals surface area contributed by atoms with E-state index in [1.165, 1.54) is 23.3 Å². The number of rotatable bonds is 7. The van der Waals surface area contributed by atoms with Crippen LogP contribution in [0, 0.1) is 12.7 Å². The average Bonchev–Trinajstić information content (AvgIpc) is 2.78. The van der Waals surface area contributed by atoms with Gasteiger partial charge in [-0.3, -0.25) is 4.90 Å². The van der Waals surface area contributed by atoms with Crippen LogP contribution in [0.2, 0.25) is 0 Å². The molecule has 0 amide bonds. The molecule has 1 unspecified atom stereocenters. The molecule has 1 N–H and O–H groups in total. The number of anilines is 1. The highest BCUT2D eigenvalue weighted by Gasteiger charge is 2.26. The molecule has 1 fully saturated rings. The van der Waals surface area contributed by atoms with E-state index in [0.717, 1.165) is 44.1 Å². The van der Waals surface area contributed by atoms with Gasteiger partial charge in [0, 0.05) is 64.6 Å². The number of likely N-dealkylation sites (N-methyl/N-ethyl adjacent to an activating group) is 1. The van der Waals surface area contributed by atoms with Gasteiger partial charge in [-0.15, -0.1) is 0 Å². The molecule has 0 spiro atoms. The number of aromatic nitrogens is 1. The molecule has 176 valence electrons. The minimum Gasteiger partial charge on any atom is -0.466 e. The molecule has 0 radical (unpaired) electrons. The lowest BCUT2D eigenvalue weighted by atomic mass is 10.1. The number of ether oxygens (including phenoxy) is 1. The van der Waals surface area contributed by atoms with Crippen molar-refractivity contribution in [2.45, 2.75) is 45.5 Å². The number of nitrogens with one attached hydrogen (secondary N) is 1. The highest BCUT2D eigenvalue weighted by molar-refractivity contribution is 5.81. The molecule has 2 aromatic rings. The molecule has 2 aliphatic rings. The number of benzene rings is 1. The van der Waals surface area contributed by atoms with E-state index >= 15 is 0 Å². The van der Waals surface area contributed by atoms with Crippen molar-refractivity contribution in [3.05, 3.63) is 65.1 Å². The quantitative estimate of drug-likeness (QED) is 0.691. The number of dihydropyridines is 1. The van der Waals surface area contributed by atoms with Crippen LogP contribution in [-0.4, -0.2) is 61.1 Å². The SMILES string of the molecule is Cc1cc(N(C)CC2=CCC(C)(Oc3ccc(F)cc3)N=C2)ncc1CN1CCN[C@@H](C)C1. The van der Waals surface area contributed by atoms with Gasteiger partial charge in [0.05, 0.1) is 0 Å². The van der Waals surface area contributed by atoms with Crippen molar-refractivity contribution in [2.24, 2.45) is 4.99 Å². The highest BCUT2D eigenvalue weighted by atomic mass is 19.1. The fourth-order valence-corrected chi connectivity index (χ4v) is 4.27. The highest BCUT2D eigenvalue weighted by Crippen LogP contribution is 2.27. The molecule has 3 heterocycles. The van der Waals surface area contributed by atoms with E-state index in [-0.39, 0.29) is 5.82 Å². The second-order valence-electron chi connectivity index (χ2n) is 9.39. The first-order valence-corrected chi connectivity index (χ1v) is 11.6. The third kappa shape index (κ3) is 6.18. The van der Waals surface area contributed by atoms with Gasteiger partial charge in [0.25, 0.3) is 0 Å². The minimum atomic E-state index is -0.683. The van der Waals surface area contributed by atoms with Gasteiger partial charge in [-0.05, 0) is 67.8 Å². The number of piperazine rings is 1. The normalized spacial score (nSPS) is 23.3. The van der Waals surface area contributed by atoms with Gasteiger partial charge in [-0.25, -0.2) is 14.4 Å². The van der Waals surface area contributed by atoms with E-state index in [0.29, 0.717) is 18.2 Å². The molecular formula is C26H34FN5O. The van der Waals surface area contributed by atoms with Crippen LogP contribution >= 0.6 is 0 Å². The van der Waals surface area contributed by atoms with Crippen LogP contribution in [0.4, 0.5) is 10.2 Å². The number of aliphatic imine (C=N–C) groups is 1. The molecule has 33 heavy (non-hydrogen) atoms. The summed E-state index contributed by atoms with van der Waals surface area (Å²) < 4.78 is 19.1. The molecular weight excluding hydrogens is 417 g/mol. The van der Waals surface area contributed by atoms with Crippen LogP contribution < -0.4 is 15.0 Å². The number of aryl methyl sites for hydroxylation is 1. The van der Waals surface area contributed by atoms with Crippen molar-refractivity contribution in [1.82, 2.24) is 15.2 Å². The fourth-order valence-electron chi connectivity index (χ4n) is 4.27. The van der Waals surface area contributed by atoms with E-state index in [1.807, 2.05) is 19.3 Å². The molecule has 0 bridgehead atoms. The van der Waals surface area contributed by atoms with Crippen LogP contribution in [0.5, 0.6) is 5.75 Å². The van der Waals surface area contributed by atoms with E-state index < -0.39 is 5.72 Å². The second kappa shape index (κ2) is 10.0. The van der Waals surface area contributed by atoms with Gasteiger partial charge in [0.2, 0.25) is 5.72 Å². The Kier molecular flexibility index (Phi) is 7.10. The van der Waals surface area contributed by atoms with Gasteiger partial charge in [-0.1, -0.05) is 6.08 Å². The lowest BCUT2D eigenvalue weighted by Crippen LogP contribution is -2.48. The minimum absolute atomic E-state index is 0.278. The third-order valence-corrected chi connectivity index (χ3v) is 6.26. The third-order valence-electron chi connectivity index (χ3n) is 6.26. The zero-order valence-electron chi connectivity index (χ0n) is 20.0. The summed E-state index contributed by atoms with van der Waals surface area (Å²) in [7, 11) is 2.05. The summed E-state index contributed by atoms with van der Waals surface area (Å²) in [5, 5.41) is 3.49. The summed E-state index contributed by atoms with van der Waals surface area (Å²) >= 11 is 0. The predicted molar refractivity (Wildman–Crippen MR) is 132 cm³/mol. The molecule has 2 atom stereocenters. The molecule has 6 nitrogen and oxygen atoms in total. The van der Waals surface area contributed by atoms with Crippen molar-refractivity contribution in [2.75, 3.05) is 38.1 Å². The summed E-state index contributed by atoms with van der Waals surface area (Å²) in [4.78, 5) is 14.0. The van der Waals surface area contributed by atoms with Crippen molar-refractivity contribution >= 4 is 12.0 Å². The Hall–Kier alpha value is -2.77. The fraction of sp³-hybridized carbons (Fsp3) is 0.462. The lowest BCUT2D eigenvalue weighted by molar-refractivity contribution is 0.101. The maximum Gasteiger partial charge on any atom is 0.200 e. The summed E-state index contributed by atoms with van der Waals surface area (Å²) in [5.41, 5.74) is 2.99. The number of halogens is 1. The maximum atomic E-state index is 13.1. The lowest BCUT2D eigenvalue weighted by Gasteiger charge is -2.32. The summed E-state index contributed by atoms with van der Waals surface area (Å²) in [6.45, 7) is 11.2. The second-order valence-corrected chi connectivity index (χ2v) is 9.39. The first-order valence-electron chi connectivity index (χ1n) is 11.6. The summed E-state index contributed by atoms with van der Waals surface area (Å²) in [6.07, 6.45) is 6.69. The van der Waals surface area contributed by atoms with Crippen LogP contribution in [0.25, 0.3) is 0 Å². The van der Waals surface area contributed by atoms with Gasteiger partial charge in [0.15, 0.2) is 0 Å². The molecule has 1 aromatic carbocycles. The number of nitrogens with zero attached hydrogens (tertiary/aromatic N) is 4. The van der Waals surface area contributed by atoms with E-state index in [1.54, 1.807) is 12.1 Å². The molecule has 7 heteroatoms. The standard InChI is InChI=1S/C26H34FN5O/c1-19-13-25(29-15-22(19)18-32-12-11-28-20(2)16-32)31(4)17-21-9-10-26(3,30-14-21)33-24-7-5-23(27)6-8-24/h5-9,13-15,20,28H,10-12,16-18H2,1-4H3/t20-,26?/m0/s1. The Morgan fingerprint density at radius 3 is 2.76 bits per heavy atom. The van der Waals surface area contributed by atoms with E-state index in [2.05, 4.69) is 53.1 Å². The molecule has 1 aromatic heterocycles. The molecule has 0 saturated carbocycles. The van der Waals surface area contributed by atoms with Gasteiger partial charge in [-0.2, -0.15) is 0 Å². The van der Waals surface area contributed by atoms with Crippen molar-refractivity contribution in [3.63, 3.8) is 0 Å². The number of hydrogen-bond acceptors (Lipinski definition) is 6. The number of hydrogen-bond donors (Lipinski definition) is 1. The molecule has 0 aliphatic carbocycles. The Labute approximate surface area is 196 Å². The number of pyridine rings is 1. The Morgan fingerprint density at radius 2 is 2.09 bits per heavy atom. The van der Waals surface area contributed by atoms with Gasteiger partial charge >= 0.3 is 0 Å². The average molecular weight is 452 g/mol. The van der Waals surface area contributed by atoms with Crippen molar-refractivity contribution in [1.29, 1.82) is 0 Å². The van der Waals surface area contributed by atoms with Gasteiger partial charge in [0.1, 0.15) is 17.4 Å². The van der Waals surface area contributed by atoms with Crippen LogP contribution in [-0.2, 0) is 6.54 Å². The predicted octanol–water partition coefficient (Wildman–Crippen LogP) is 3.96. The first-order chi connectivity index (χ1) is 15.8. The summed E-state index contributed by atoms with van der Waals surface area (Å²) in [6, 6.07) is 8.75. The van der Waals surface area contributed by atoms with Crippen LogP contribution in [0.15, 0.2) is 53.2 Å². The van der Waals surface area contributed by atoms with Gasteiger partial charge < -0.3 is 15.0 Å². The largest absolute Gasteiger partial charge is 0.466 e. The molecule has 1 saturated heterocycles.